The molecule has 1 atom stereocenters. The number of esters is 1. The summed E-state index contributed by atoms with van der Waals surface area (Å²) < 4.78 is 53.5. The number of halogens is 6. The first-order valence-electron chi connectivity index (χ1n) is 4.86. The maximum Gasteiger partial charge on any atom is 0.335 e. The molecule has 0 saturated heterocycles. The smallest absolute Gasteiger partial charge is 0.335 e. The largest absolute Gasteiger partial charge is 0.419 e. The number of carbonyl (C=O) groups is 1. The highest BCUT2D eigenvalue weighted by atomic mass is 79.9. The van der Waals surface area contributed by atoms with Crippen LogP contribution in [0, 0.1) is 0 Å². The molecule has 0 rings (SSSR count). The summed E-state index contributed by atoms with van der Waals surface area (Å²) in [7, 11) is 0. The maximum atomic E-state index is 12.7. The van der Waals surface area contributed by atoms with Gasteiger partial charge >= 0.3 is 11.8 Å². The zero-order chi connectivity index (χ0) is 14.6. The van der Waals surface area contributed by atoms with E-state index in [0.717, 1.165) is 0 Å². The molecule has 0 aliphatic carbocycles. The first-order chi connectivity index (χ1) is 8.14. The molecular weight excluding hydrogens is 392 g/mol. The van der Waals surface area contributed by atoms with Crippen molar-refractivity contribution in [1.82, 2.24) is 10.7 Å². The van der Waals surface area contributed by atoms with E-state index in [1.807, 2.05) is 0 Å². The second kappa shape index (κ2) is 7.01. The van der Waals surface area contributed by atoms with Crippen molar-refractivity contribution in [3.63, 3.8) is 0 Å². The predicted octanol–water partition coefficient (Wildman–Crippen LogP) is 3.67. The van der Waals surface area contributed by atoms with Gasteiger partial charge < -0.3 is 4.74 Å². The van der Waals surface area contributed by atoms with Crippen molar-refractivity contribution in [1.29, 1.82) is 0 Å². The predicted molar refractivity (Wildman–Crippen MR) is 63.0 cm³/mol. The molecule has 18 heavy (non-hydrogen) atoms. The van der Waals surface area contributed by atoms with Crippen LogP contribution in [-0.2, 0) is 9.53 Å². The fourth-order valence-electron chi connectivity index (χ4n) is 0.981. The van der Waals surface area contributed by atoms with Crippen LogP contribution in [0.5, 0.6) is 0 Å². The quantitative estimate of drug-likeness (QED) is 0.213. The van der Waals surface area contributed by atoms with Gasteiger partial charge in [-0.25, -0.2) is 0 Å². The van der Waals surface area contributed by atoms with Gasteiger partial charge in [-0.1, -0.05) is 56.7 Å². The molecular formula is C8H12Br2F4N2O2. The Morgan fingerprint density at radius 3 is 2.00 bits per heavy atom. The van der Waals surface area contributed by atoms with E-state index < -0.39 is 33.3 Å². The zero-order valence-electron chi connectivity index (χ0n) is 9.60. The lowest BCUT2D eigenvalue weighted by Crippen LogP contribution is -2.54. The topological polar surface area (TPSA) is 32.8 Å². The van der Waals surface area contributed by atoms with E-state index in [9.17, 15) is 22.7 Å². The van der Waals surface area contributed by atoms with Crippen molar-refractivity contribution in [3.05, 3.63) is 0 Å². The van der Waals surface area contributed by atoms with Crippen LogP contribution in [0.3, 0.4) is 0 Å². The standard InChI is InChI=1S/C8H12Br2F4N2O2/c1-3-4-8(15(11)12,16(13)14)18-6(17)7(2,10)5-9/h3-5H2,1-2H3. The normalized spacial score (nSPS) is 15.9. The Morgan fingerprint density at radius 2 is 1.72 bits per heavy atom. The second-order valence-electron chi connectivity index (χ2n) is 3.68. The van der Waals surface area contributed by atoms with Crippen molar-refractivity contribution in [3.8, 4) is 0 Å². The zero-order valence-corrected chi connectivity index (χ0v) is 12.8. The Bertz CT molecular complexity index is 284. The SMILES string of the molecule is CCCC(OC(=O)C(C)(Br)CBr)(N(F)F)N(F)F. The lowest BCUT2D eigenvalue weighted by Gasteiger charge is -2.33. The van der Waals surface area contributed by atoms with Gasteiger partial charge in [0.25, 0.3) is 0 Å². The highest BCUT2D eigenvalue weighted by Crippen LogP contribution is 2.33. The summed E-state index contributed by atoms with van der Waals surface area (Å²) in [6.45, 7) is 2.72. The Labute approximate surface area is 118 Å². The monoisotopic (exact) mass is 402 g/mol. The van der Waals surface area contributed by atoms with Crippen molar-refractivity contribution in [2.75, 3.05) is 5.33 Å². The Balaban J connectivity index is 5.18. The molecule has 0 bridgehead atoms. The van der Waals surface area contributed by atoms with E-state index >= 15 is 0 Å². The molecule has 1 unspecified atom stereocenters. The van der Waals surface area contributed by atoms with Gasteiger partial charge in [0.2, 0.25) is 0 Å². The number of alkyl halides is 2. The summed E-state index contributed by atoms with van der Waals surface area (Å²) in [6, 6.07) is 0. The molecule has 0 aromatic carbocycles. The average molecular weight is 404 g/mol. The van der Waals surface area contributed by atoms with Gasteiger partial charge in [0.15, 0.2) is 0 Å². The van der Waals surface area contributed by atoms with Crippen LogP contribution in [0.15, 0.2) is 0 Å². The summed E-state index contributed by atoms with van der Waals surface area (Å²) in [5.74, 6) is -4.60. The van der Waals surface area contributed by atoms with E-state index in [4.69, 9.17) is 0 Å². The van der Waals surface area contributed by atoms with Crippen molar-refractivity contribution < 1.29 is 27.5 Å². The highest BCUT2D eigenvalue weighted by molar-refractivity contribution is 9.12. The van der Waals surface area contributed by atoms with Crippen molar-refractivity contribution in [2.24, 2.45) is 0 Å². The minimum Gasteiger partial charge on any atom is -0.419 e. The van der Waals surface area contributed by atoms with Gasteiger partial charge in [0.1, 0.15) is 4.32 Å². The molecule has 0 saturated carbocycles. The van der Waals surface area contributed by atoms with Crippen LogP contribution in [0.1, 0.15) is 26.7 Å². The number of carbonyl (C=O) groups excluding carboxylic acids is 1. The minimum absolute atomic E-state index is 0.0121. The average Bonchev–Trinajstić information content (AvgIpc) is 2.27. The van der Waals surface area contributed by atoms with E-state index in [2.05, 4.69) is 36.6 Å². The second-order valence-corrected chi connectivity index (χ2v) is 5.99. The Hall–Kier alpha value is 0.0700. The van der Waals surface area contributed by atoms with Gasteiger partial charge in [-0.3, -0.25) is 4.79 Å². The molecule has 0 aromatic heterocycles. The number of hydrogen-bond acceptors (Lipinski definition) is 4. The molecule has 0 radical (unpaired) electrons. The molecule has 108 valence electrons. The van der Waals surface area contributed by atoms with Crippen LogP contribution in [0.4, 0.5) is 17.9 Å². The Morgan fingerprint density at radius 1 is 1.28 bits per heavy atom. The molecule has 10 heteroatoms. The molecule has 0 spiro atoms. The number of rotatable bonds is 7. The molecule has 0 fully saturated rings. The first kappa shape index (κ1) is 18.1. The number of nitrogens with zero attached hydrogens (tertiary/aromatic N) is 2. The maximum absolute atomic E-state index is 12.7. The lowest BCUT2D eigenvalue weighted by molar-refractivity contribution is -0.445. The molecule has 4 nitrogen and oxygen atoms in total. The summed E-state index contributed by atoms with van der Waals surface area (Å²) in [4.78, 5) is 11.6. The third-order valence-corrected chi connectivity index (χ3v) is 4.51. The van der Waals surface area contributed by atoms with E-state index in [1.54, 1.807) is 0 Å². The van der Waals surface area contributed by atoms with Crippen LogP contribution in [-0.4, -0.2) is 32.2 Å². The molecule has 0 N–H and O–H groups in total. The van der Waals surface area contributed by atoms with E-state index in [1.165, 1.54) is 13.8 Å². The van der Waals surface area contributed by atoms with Gasteiger partial charge in [-0.05, 0) is 13.3 Å². The van der Waals surface area contributed by atoms with Gasteiger partial charge in [0, 0.05) is 11.8 Å². The highest BCUT2D eigenvalue weighted by Gasteiger charge is 2.53. The summed E-state index contributed by atoms with van der Waals surface area (Å²) in [5, 5.41) is -3.62. The Kier molecular flexibility index (Phi) is 7.04. The minimum atomic E-state index is -3.37. The first-order valence-corrected chi connectivity index (χ1v) is 6.77. The van der Waals surface area contributed by atoms with E-state index in [0.29, 0.717) is 0 Å². The van der Waals surface area contributed by atoms with Gasteiger partial charge in [-0.15, -0.1) is 0 Å². The fourth-order valence-corrected chi connectivity index (χ4v) is 1.29. The van der Waals surface area contributed by atoms with Gasteiger partial charge in [-0.2, -0.15) is 0 Å². The summed E-state index contributed by atoms with van der Waals surface area (Å²) in [6.07, 6.45) is -0.778. The molecule has 0 aliphatic heterocycles. The van der Waals surface area contributed by atoms with Crippen molar-refractivity contribution in [2.45, 2.75) is 36.9 Å². The van der Waals surface area contributed by atoms with Gasteiger partial charge in [0.05, 0.1) is 10.7 Å². The van der Waals surface area contributed by atoms with Crippen molar-refractivity contribution >= 4 is 37.8 Å². The van der Waals surface area contributed by atoms with E-state index in [-0.39, 0.29) is 11.8 Å². The lowest BCUT2D eigenvalue weighted by atomic mass is 10.2. The number of ether oxygens (including phenoxy) is 1. The van der Waals surface area contributed by atoms with Crippen LogP contribution in [0.25, 0.3) is 0 Å². The third-order valence-electron chi connectivity index (χ3n) is 2.04. The molecule has 0 aliphatic rings. The molecule has 0 amide bonds. The molecule has 0 heterocycles. The third kappa shape index (κ3) is 4.04. The van der Waals surface area contributed by atoms with Crippen LogP contribution < -0.4 is 0 Å². The van der Waals surface area contributed by atoms with Crippen LogP contribution in [0.2, 0.25) is 0 Å². The summed E-state index contributed by atoms with van der Waals surface area (Å²) >= 11 is 5.84. The summed E-state index contributed by atoms with van der Waals surface area (Å²) in [5.41, 5.74) is 0. The number of hydrogen-bond donors (Lipinski definition) is 0. The van der Waals surface area contributed by atoms with Crippen LogP contribution >= 0.6 is 31.9 Å². The molecule has 0 aromatic rings. The fraction of sp³-hybridized carbons (Fsp3) is 0.875.